The van der Waals surface area contributed by atoms with Gasteiger partial charge in [-0.05, 0) is 32.1 Å². The molecule has 25 heavy (non-hydrogen) atoms. The number of hydrogen-bond donors (Lipinski definition) is 0. The summed E-state index contributed by atoms with van der Waals surface area (Å²) >= 11 is 0. The van der Waals surface area contributed by atoms with Crippen molar-refractivity contribution in [3.05, 3.63) is 53.8 Å². The van der Waals surface area contributed by atoms with Crippen molar-refractivity contribution < 1.29 is 0 Å². The first-order chi connectivity index (χ1) is 12.0. The first-order valence-electron chi connectivity index (χ1n) is 8.03. The number of nitrogens with zero attached hydrogens (tertiary/aromatic N) is 7. The lowest BCUT2D eigenvalue weighted by molar-refractivity contribution is 0.768. The number of imidazole rings is 2. The van der Waals surface area contributed by atoms with Gasteiger partial charge in [0.25, 0.3) is 0 Å². The molecule has 0 atom stereocenters. The van der Waals surface area contributed by atoms with Gasteiger partial charge in [-0.3, -0.25) is 9.08 Å². The number of rotatable bonds is 3. The van der Waals surface area contributed by atoms with E-state index in [1.165, 1.54) is 0 Å². The molecule has 0 radical (unpaired) electrons. The smallest absolute Gasteiger partial charge is 0.234 e. The Balaban J connectivity index is 1.66. The van der Waals surface area contributed by atoms with Crippen molar-refractivity contribution in [2.45, 2.75) is 13.8 Å². The zero-order valence-electron chi connectivity index (χ0n) is 14.7. The highest BCUT2D eigenvalue weighted by Crippen LogP contribution is 2.18. The second-order valence-electron chi connectivity index (χ2n) is 6.21. The average molecular weight is 333 g/mol. The lowest BCUT2D eigenvalue weighted by Gasteiger charge is -1.98. The topological polar surface area (TPSA) is 65.8 Å². The van der Waals surface area contributed by atoms with Crippen molar-refractivity contribution in [2.75, 3.05) is 0 Å². The largest absolute Gasteiger partial charge is 0.334 e. The van der Waals surface area contributed by atoms with Crippen molar-refractivity contribution in [1.29, 1.82) is 0 Å². The van der Waals surface area contributed by atoms with Gasteiger partial charge < -0.3 is 4.57 Å². The molecule has 126 valence electrons. The highest BCUT2D eigenvalue weighted by molar-refractivity contribution is 5.68. The van der Waals surface area contributed by atoms with Crippen molar-refractivity contribution in [3.8, 4) is 11.3 Å². The minimum absolute atomic E-state index is 0.716. The van der Waals surface area contributed by atoms with E-state index < -0.39 is 0 Å². The summed E-state index contributed by atoms with van der Waals surface area (Å²) in [7, 11) is 3.87. The van der Waals surface area contributed by atoms with E-state index in [0.29, 0.717) is 5.78 Å². The van der Waals surface area contributed by atoms with Crippen LogP contribution in [0.2, 0.25) is 0 Å². The van der Waals surface area contributed by atoms with E-state index in [0.717, 1.165) is 34.2 Å². The Kier molecular flexibility index (Phi) is 3.49. The summed E-state index contributed by atoms with van der Waals surface area (Å²) in [4.78, 5) is 13.7. The van der Waals surface area contributed by atoms with Crippen molar-refractivity contribution >= 4 is 17.9 Å². The Morgan fingerprint density at radius 2 is 1.80 bits per heavy atom. The number of aromatic nitrogens is 7. The van der Waals surface area contributed by atoms with Crippen molar-refractivity contribution in [1.82, 2.24) is 33.7 Å². The van der Waals surface area contributed by atoms with Gasteiger partial charge in [0.05, 0.1) is 17.6 Å². The van der Waals surface area contributed by atoms with Gasteiger partial charge in [-0.2, -0.15) is 5.10 Å². The van der Waals surface area contributed by atoms with E-state index >= 15 is 0 Å². The van der Waals surface area contributed by atoms with Gasteiger partial charge in [-0.1, -0.05) is 0 Å². The first kappa shape index (κ1) is 15.3. The maximum absolute atomic E-state index is 4.67. The van der Waals surface area contributed by atoms with Gasteiger partial charge >= 0.3 is 0 Å². The summed E-state index contributed by atoms with van der Waals surface area (Å²) in [5, 5.41) is 4.19. The Bertz CT molecular complexity index is 1090. The molecule has 0 N–H and O–H groups in total. The molecule has 0 fully saturated rings. The van der Waals surface area contributed by atoms with E-state index in [1.54, 1.807) is 4.68 Å². The van der Waals surface area contributed by atoms with Gasteiger partial charge in [0.2, 0.25) is 5.78 Å². The third-order valence-electron chi connectivity index (χ3n) is 4.10. The molecule has 0 aliphatic heterocycles. The van der Waals surface area contributed by atoms with Crippen molar-refractivity contribution in [3.63, 3.8) is 0 Å². The summed E-state index contributed by atoms with van der Waals surface area (Å²) in [5.41, 5.74) is 4.84. The fraction of sp³-hybridized carbons (Fsp3) is 0.222. The van der Waals surface area contributed by atoms with Crippen LogP contribution in [-0.2, 0) is 14.1 Å². The highest BCUT2D eigenvalue weighted by atomic mass is 15.2. The molecule has 0 unspecified atom stereocenters. The second kappa shape index (κ2) is 5.70. The molecule has 4 aromatic heterocycles. The zero-order chi connectivity index (χ0) is 17.6. The summed E-state index contributed by atoms with van der Waals surface area (Å²) in [6.45, 7) is 4.03. The van der Waals surface area contributed by atoms with Crippen LogP contribution in [0.4, 0.5) is 0 Å². The molecule has 0 aliphatic rings. The molecule has 7 nitrogen and oxygen atoms in total. The van der Waals surface area contributed by atoms with E-state index in [4.69, 9.17) is 0 Å². The molecule has 0 bridgehead atoms. The van der Waals surface area contributed by atoms with Crippen LogP contribution in [0.1, 0.15) is 22.9 Å². The normalized spacial score (nSPS) is 11.8. The fourth-order valence-electron chi connectivity index (χ4n) is 2.86. The van der Waals surface area contributed by atoms with Gasteiger partial charge in [0.1, 0.15) is 5.82 Å². The molecule has 0 amide bonds. The Morgan fingerprint density at radius 3 is 2.56 bits per heavy atom. The minimum Gasteiger partial charge on any atom is -0.334 e. The third kappa shape index (κ3) is 2.84. The molecule has 0 aliphatic carbocycles. The van der Waals surface area contributed by atoms with Crippen LogP contribution in [0, 0.1) is 13.8 Å². The molecule has 0 saturated carbocycles. The molecule has 4 heterocycles. The maximum Gasteiger partial charge on any atom is 0.234 e. The predicted octanol–water partition coefficient (Wildman–Crippen LogP) is 2.65. The summed E-state index contributed by atoms with van der Waals surface area (Å²) in [5.74, 6) is 1.57. The van der Waals surface area contributed by atoms with Gasteiger partial charge in [0, 0.05) is 49.6 Å². The molecular formula is C18H19N7. The van der Waals surface area contributed by atoms with Gasteiger partial charge in [-0.25, -0.2) is 15.0 Å². The average Bonchev–Trinajstić information content (AvgIpc) is 3.24. The van der Waals surface area contributed by atoms with Crippen LogP contribution in [0.3, 0.4) is 0 Å². The Morgan fingerprint density at radius 1 is 0.960 bits per heavy atom. The van der Waals surface area contributed by atoms with E-state index in [2.05, 4.69) is 27.0 Å². The monoisotopic (exact) mass is 333 g/mol. The second-order valence-corrected chi connectivity index (χ2v) is 6.21. The van der Waals surface area contributed by atoms with Crippen LogP contribution < -0.4 is 0 Å². The van der Waals surface area contributed by atoms with Gasteiger partial charge in [0.15, 0.2) is 0 Å². The number of aryl methyl sites for hydroxylation is 4. The molecule has 0 aromatic carbocycles. The molecular weight excluding hydrogens is 314 g/mol. The lowest BCUT2D eigenvalue weighted by atomic mass is 10.3. The van der Waals surface area contributed by atoms with E-state index in [1.807, 2.05) is 73.0 Å². The van der Waals surface area contributed by atoms with Crippen LogP contribution >= 0.6 is 0 Å². The van der Waals surface area contributed by atoms with Crippen LogP contribution in [0.15, 0.2) is 30.9 Å². The quantitative estimate of drug-likeness (QED) is 0.578. The van der Waals surface area contributed by atoms with Crippen molar-refractivity contribution in [2.24, 2.45) is 14.1 Å². The lowest BCUT2D eigenvalue weighted by Crippen LogP contribution is -1.94. The summed E-state index contributed by atoms with van der Waals surface area (Å²) < 4.78 is 5.75. The minimum atomic E-state index is 0.716. The maximum atomic E-state index is 4.67. The molecule has 0 spiro atoms. The molecule has 4 aromatic rings. The SMILES string of the molecule is Cc1cc(C)n2cc(C=Cc3nc(-c4cnn(C)c4)cn3C)nc2n1. The molecule has 7 heteroatoms. The number of fused-ring (bicyclic) bond motifs is 1. The highest BCUT2D eigenvalue weighted by Gasteiger charge is 2.08. The zero-order valence-corrected chi connectivity index (χ0v) is 14.7. The molecule has 4 rings (SSSR count). The fourth-order valence-corrected chi connectivity index (χ4v) is 2.86. The molecule has 0 saturated heterocycles. The summed E-state index contributed by atoms with van der Waals surface area (Å²) in [6, 6.07) is 2.04. The van der Waals surface area contributed by atoms with E-state index in [-0.39, 0.29) is 0 Å². The van der Waals surface area contributed by atoms with Crippen LogP contribution in [0.25, 0.3) is 29.2 Å². The Labute approximate surface area is 145 Å². The van der Waals surface area contributed by atoms with E-state index in [9.17, 15) is 0 Å². The predicted molar refractivity (Wildman–Crippen MR) is 96.8 cm³/mol. The van der Waals surface area contributed by atoms with Gasteiger partial charge in [-0.15, -0.1) is 0 Å². The summed E-state index contributed by atoms with van der Waals surface area (Å²) in [6.07, 6.45) is 11.7. The van der Waals surface area contributed by atoms with Crippen LogP contribution in [-0.4, -0.2) is 33.7 Å². The Hall–Kier alpha value is -3.22. The van der Waals surface area contributed by atoms with Crippen LogP contribution in [0.5, 0.6) is 0 Å². The third-order valence-corrected chi connectivity index (χ3v) is 4.10. The first-order valence-corrected chi connectivity index (χ1v) is 8.03. The standard InChI is InChI=1S/C18H19N7/c1-12-7-13(2)25-10-15(21-18(25)20-12)5-6-17-22-16(11-23(17)3)14-8-19-24(4)9-14/h5-11H,1-4H3. The number of hydrogen-bond acceptors (Lipinski definition) is 4.